The van der Waals surface area contributed by atoms with Crippen LogP contribution in [0.4, 0.5) is 0 Å². The van der Waals surface area contributed by atoms with E-state index in [1.54, 1.807) is 38.1 Å². The van der Waals surface area contributed by atoms with Crippen LogP contribution in [0.5, 0.6) is 0 Å². The average Bonchev–Trinajstić information content (AvgIpc) is 2.46. The zero-order chi connectivity index (χ0) is 16.4. The fourth-order valence-electron chi connectivity index (χ4n) is 2.31. The summed E-state index contributed by atoms with van der Waals surface area (Å²) in [6.07, 6.45) is 0. The molecule has 2 N–H and O–H groups in total. The first-order chi connectivity index (χ1) is 10.2. The number of rotatable bonds is 5. The number of benzene rings is 2. The second kappa shape index (κ2) is 6.20. The summed E-state index contributed by atoms with van der Waals surface area (Å²) >= 11 is 0. The number of hydrogen-bond donors (Lipinski definition) is 2. The molecule has 0 aliphatic carbocycles. The largest absolute Gasteiger partial charge is 0.384 e. The van der Waals surface area contributed by atoms with Gasteiger partial charge in [0.15, 0.2) is 0 Å². The van der Waals surface area contributed by atoms with E-state index in [1.807, 2.05) is 31.2 Å². The Balaban J connectivity index is 2.19. The second-order valence-electron chi connectivity index (χ2n) is 5.73. The van der Waals surface area contributed by atoms with E-state index in [4.69, 9.17) is 0 Å². The van der Waals surface area contributed by atoms with Gasteiger partial charge in [-0.25, -0.2) is 13.1 Å². The van der Waals surface area contributed by atoms with Gasteiger partial charge in [-0.3, -0.25) is 0 Å². The van der Waals surface area contributed by atoms with Gasteiger partial charge in [0.2, 0.25) is 10.0 Å². The first kappa shape index (κ1) is 16.7. The van der Waals surface area contributed by atoms with Gasteiger partial charge in [0.25, 0.3) is 0 Å². The molecule has 0 aromatic heterocycles. The second-order valence-corrected chi connectivity index (χ2v) is 7.47. The van der Waals surface area contributed by atoms with E-state index < -0.39 is 15.6 Å². The van der Waals surface area contributed by atoms with Crippen LogP contribution in [-0.4, -0.2) is 20.1 Å². The maximum absolute atomic E-state index is 12.4. The van der Waals surface area contributed by atoms with E-state index >= 15 is 0 Å². The summed E-state index contributed by atoms with van der Waals surface area (Å²) in [4.78, 5) is 0.238. The zero-order valence-electron chi connectivity index (χ0n) is 13.0. The quantitative estimate of drug-likeness (QED) is 0.890. The van der Waals surface area contributed by atoms with Crippen molar-refractivity contribution < 1.29 is 13.5 Å². The van der Waals surface area contributed by atoms with Crippen LogP contribution < -0.4 is 4.72 Å². The molecule has 0 amide bonds. The summed E-state index contributed by atoms with van der Waals surface area (Å²) in [5.74, 6) is 0. The number of sulfonamides is 1. The Labute approximate surface area is 131 Å². The van der Waals surface area contributed by atoms with Gasteiger partial charge >= 0.3 is 0 Å². The molecule has 118 valence electrons. The van der Waals surface area contributed by atoms with Crippen LogP contribution in [0.15, 0.2) is 53.4 Å². The maximum Gasteiger partial charge on any atom is 0.240 e. The lowest BCUT2D eigenvalue weighted by Gasteiger charge is -2.24. The highest BCUT2D eigenvalue weighted by molar-refractivity contribution is 7.89. The van der Waals surface area contributed by atoms with Crippen LogP contribution in [-0.2, 0) is 15.6 Å². The first-order valence-corrected chi connectivity index (χ1v) is 8.55. The lowest BCUT2D eigenvalue weighted by molar-refractivity contribution is 0.0627. The third kappa shape index (κ3) is 3.74. The minimum Gasteiger partial charge on any atom is -0.384 e. The van der Waals surface area contributed by atoms with Crippen LogP contribution in [0.1, 0.15) is 23.6 Å². The molecule has 0 saturated carbocycles. The van der Waals surface area contributed by atoms with Crippen molar-refractivity contribution in [3.05, 3.63) is 65.2 Å². The third-order valence-electron chi connectivity index (χ3n) is 3.62. The molecule has 0 spiro atoms. The molecule has 2 aromatic rings. The van der Waals surface area contributed by atoms with Crippen molar-refractivity contribution in [2.45, 2.75) is 31.3 Å². The molecule has 2 aromatic carbocycles. The predicted molar refractivity (Wildman–Crippen MR) is 87.1 cm³/mol. The van der Waals surface area contributed by atoms with Gasteiger partial charge in [-0.1, -0.05) is 48.0 Å². The van der Waals surface area contributed by atoms with Crippen molar-refractivity contribution >= 4 is 10.0 Å². The Morgan fingerprint density at radius 3 is 2.32 bits per heavy atom. The summed E-state index contributed by atoms with van der Waals surface area (Å²) in [5, 5.41) is 10.5. The maximum atomic E-state index is 12.4. The molecular weight excluding hydrogens is 298 g/mol. The fraction of sp³-hybridized carbons (Fsp3) is 0.294. The summed E-state index contributed by atoms with van der Waals surface area (Å²) in [5.41, 5.74) is 1.09. The van der Waals surface area contributed by atoms with Gasteiger partial charge in [0, 0.05) is 6.54 Å². The van der Waals surface area contributed by atoms with Crippen molar-refractivity contribution in [2.75, 3.05) is 6.54 Å². The lowest BCUT2D eigenvalue weighted by atomic mass is 9.97. The predicted octanol–water partition coefficient (Wildman–Crippen LogP) is 2.49. The Kier molecular flexibility index (Phi) is 4.70. The highest BCUT2D eigenvalue weighted by Gasteiger charge is 2.26. The summed E-state index contributed by atoms with van der Waals surface area (Å²) in [6, 6.07) is 14.2. The van der Waals surface area contributed by atoms with Crippen LogP contribution >= 0.6 is 0 Å². The number of aryl methyl sites for hydroxylation is 2. The molecule has 4 nitrogen and oxygen atoms in total. The number of nitrogens with one attached hydrogen (secondary N) is 1. The number of aliphatic hydroxyl groups is 1. The van der Waals surface area contributed by atoms with Gasteiger partial charge in [0.05, 0.1) is 4.90 Å². The van der Waals surface area contributed by atoms with E-state index in [9.17, 15) is 13.5 Å². The summed E-state index contributed by atoms with van der Waals surface area (Å²) < 4.78 is 27.3. The molecular formula is C17H21NO3S. The molecule has 0 radical (unpaired) electrons. The standard InChI is InChI=1S/C17H21NO3S/c1-13-9-10-16(14(2)11-13)22(20,21)18-12-17(3,19)15-7-5-4-6-8-15/h4-11,18-19H,12H2,1-3H3. The van der Waals surface area contributed by atoms with E-state index in [0.29, 0.717) is 11.1 Å². The van der Waals surface area contributed by atoms with Crippen LogP contribution in [0.25, 0.3) is 0 Å². The molecule has 0 aliphatic rings. The summed E-state index contributed by atoms with van der Waals surface area (Å²) in [7, 11) is -3.66. The summed E-state index contributed by atoms with van der Waals surface area (Å²) in [6.45, 7) is 5.17. The van der Waals surface area contributed by atoms with Crippen molar-refractivity contribution in [1.82, 2.24) is 4.72 Å². The van der Waals surface area contributed by atoms with Crippen molar-refractivity contribution in [3.63, 3.8) is 0 Å². The van der Waals surface area contributed by atoms with E-state index in [-0.39, 0.29) is 11.4 Å². The highest BCUT2D eigenvalue weighted by Crippen LogP contribution is 2.21. The normalized spacial score (nSPS) is 14.5. The van der Waals surface area contributed by atoms with Gasteiger partial charge in [-0.2, -0.15) is 0 Å². The van der Waals surface area contributed by atoms with Gasteiger partial charge in [-0.15, -0.1) is 0 Å². The van der Waals surface area contributed by atoms with Crippen LogP contribution in [0, 0.1) is 13.8 Å². The minimum absolute atomic E-state index is 0.0906. The first-order valence-electron chi connectivity index (χ1n) is 7.07. The molecule has 5 heteroatoms. The molecule has 0 heterocycles. The van der Waals surface area contributed by atoms with Crippen LogP contribution in [0.2, 0.25) is 0 Å². The van der Waals surface area contributed by atoms with Gasteiger partial charge < -0.3 is 5.11 Å². The van der Waals surface area contributed by atoms with Crippen molar-refractivity contribution in [3.8, 4) is 0 Å². The Bertz CT molecular complexity index is 753. The van der Waals surface area contributed by atoms with Crippen molar-refractivity contribution in [2.24, 2.45) is 0 Å². The molecule has 1 unspecified atom stereocenters. The number of hydrogen-bond acceptors (Lipinski definition) is 3. The monoisotopic (exact) mass is 319 g/mol. The molecule has 2 rings (SSSR count). The average molecular weight is 319 g/mol. The molecule has 0 bridgehead atoms. The lowest BCUT2D eigenvalue weighted by Crippen LogP contribution is -2.38. The Hall–Kier alpha value is -1.69. The fourth-order valence-corrected chi connectivity index (χ4v) is 3.67. The zero-order valence-corrected chi connectivity index (χ0v) is 13.8. The Morgan fingerprint density at radius 1 is 1.09 bits per heavy atom. The van der Waals surface area contributed by atoms with Crippen LogP contribution in [0.3, 0.4) is 0 Å². The van der Waals surface area contributed by atoms with E-state index in [0.717, 1.165) is 5.56 Å². The van der Waals surface area contributed by atoms with Gasteiger partial charge in [-0.05, 0) is 38.0 Å². The smallest absolute Gasteiger partial charge is 0.240 e. The molecule has 1 atom stereocenters. The topological polar surface area (TPSA) is 66.4 Å². The molecule has 0 fully saturated rings. The SMILES string of the molecule is Cc1ccc(S(=O)(=O)NCC(C)(O)c2ccccc2)c(C)c1. The van der Waals surface area contributed by atoms with Crippen molar-refractivity contribution in [1.29, 1.82) is 0 Å². The minimum atomic E-state index is -3.66. The molecule has 22 heavy (non-hydrogen) atoms. The van der Waals surface area contributed by atoms with E-state index in [2.05, 4.69) is 4.72 Å². The third-order valence-corrected chi connectivity index (χ3v) is 5.18. The van der Waals surface area contributed by atoms with E-state index in [1.165, 1.54) is 0 Å². The molecule has 0 aliphatic heterocycles. The molecule has 0 saturated heterocycles. The van der Waals surface area contributed by atoms with Gasteiger partial charge in [0.1, 0.15) is 5.60 Å². The Morgan fingerprint density at radius 2 is 1.73 bits per heavy atom. The highest BCUT2D eigenvalue weighted by atomic mass is 32.2.